The molecule has 2 heterocycles. The van der Waals surface area contributed by atoms with Crippen molar-refractivity contribution >= 4 is 5.91 Å². The summed E-state index contributed by atoms with van der Waals surface area (Å²) in [4.78, 5) is 17.0. The van der Waals surface area contributed by atoms with E-state index in [1.807, 2.05) is 18.2 Å². The van der Waals surface area contributed by atoms with Gasteiger partial charge in [-0.05, 0) is 60.7 Å². The van der Waals surface area contributed by atoms with Crippen molar-refractivity contribution in [1.82, 2.24) is 10.3 Å². The van der Waals surface area contributed by atoms with Crippen LogP contribution >= 0.6 is 0 Å². The van der Waals surface area contributed by atoms with E-state index in [0.29, 0.717) is 35.1 Å². The zero-order valence-electron chi connectivity index (χ0n) is 15.3. The number of halogens is 1. The molecule has 2 aromatic heterocycles. The average Bonchev–Trinajstić information content (AvgIpc) is 3.29. The third-order valence-corrected chi connectivity index (χ3v) is 4.23. The SMILES string of the molecule is O=C(NCc1cccnc1-c1ccco1)c1cccc(Oc2ccc(F)cc2)c1. The minimum atomic E-state index is -0.338. The minimum absolute atomic E-state index is 0.246. The summed E-state index contributed by atoms with van der Waals surface area (Å²) in [5.74, 6) is 1.03. The molecule has 29 heavy (non-hydrogen) atoms. The Kier molecular flexibility index (Phi) is 5.33. The van der Waals surface area contributed by atoms with Crippen molar-refractivity contribution in [1.29, 1.82) is 0 Å². The minimum Gasteiger partial charge on any atom is -0.463 e. The fourth-order valence-electron chi connectivity index (χ4n) is 2.83. The number of hydrogen-bond donors (Lipinski definition) is 1. The quantitative estimate of drug-likeness (QED) is 0.493. The Hall–Kier alpha value is -3.93. The zero-order chi connectivity index (χ0) is 20.1. The van der Waals surface area contributed by atoms with Crippen LogP contribution in [0.2, 0.25) is 0 Å². The van der Waals surface area contributed by atoms with Crippen molar-refractivity contribution in [3.63, 3.8) is 0 Å². The fraction of sp³-hybridized carbons (Fsp3) is 0.0435. The van der Waals surface area contributed by atoms with Crippen LogP contribution in [0, 0.1) is 5.82 Å². The third kappa shape index (κ3) is 4.50. The second-order valence-electron chi connectivity index (χ2n) is 6.25. The summed E-state index contributed by atoms with van der Waals surface area (Å²) in [6.07, 6.45) is 3.26. The lowest BCUT2D eigenvalue weighted by Gasteiger charge is -2.10. The molecule has 6 heteroatoms. The summed E-state index contributed by atoms with van der Waals surface area (Å²) in [7, 11) is 0. The van der Waals surface area contributed by atoms with Crippen LogP contribution in [0.4, 0.5) is 4.39 Å². The maximum atomic E-state index is 13.0. The first-order chi connectivity index (χ1) is 14.2. The zero-order valence-corrected chi connectivity index (χ0v) is 15.3. The number of hydrogen-bond acceptors (Lipinski definition) is 4. The molecule has 0 saturated carbocycles. The number of carbonyl (C=O) groups excluding carboxylic acids is 1. The molecule has 0 unspecified atom stereocenters. The van der Waals surface area contributed by atoms with Crippen LogP contribution in [-0.2, 0) is 6.54 Å². The number of furan rings is 1. The summed E-state index contributed by atoms with van der Waals surface area (Å²) in [5, 5.41) is 2.89. The van der Waals surface area contributed by atoms with Crippen LogP contribution in [0.15, 0.2) is 89.7 Å². The lowest BCUT2D eigenvalue weighted by Crippen LogP contribution is -2.23. The van der Waals surface area contributed by atoms with Crippen LogP contribution in [0.25, 0.3) is 11.5 Å². The van der Waals surface area contributed by atoms with Crippen molar-refractivity contribution in [2.24, 2.45) is 0 Å². The summed E-state index contributed by atoms with van der Waals surface area (Å²) in [6, 6.07) is 19.8. The highest BCUT2D eigenvalue weighted by Gasteiger charge is 2.12. The van der Waals surface area contributed by atoms with Gasteiger partial charge in [0.15, 0.2) is 5.76 Å². The van der Waals surface area contributed by atoms with Gasteiger partial charge in [0, 0.05) is 23.9 Å². The molecule has 0 fully saturated rings. The largest absolute Gasteiger partial charge is 0.463 e. The maximum Gasteiger partial charge on any atom is 0.251 e. The van der Waals surface area contributed by atoms with Gasteiger partial charge >= 0.3 is 0 Å². The Morgan fingerprint density at radius 2 is 1.86 bits per heavy atom. The van der Waals surface area contributed by atoms with E-state index in [1.165, 1.54) is 24.3 Å². The summed E-state index contributed by atoms with van der Waals surface area (Å²) in [5.41, 5.74) is 1.98. The number of rotatable bonds is 6. The van der Waals surface area contributed by atoms with E-state index < -0.39 is 0 Å². The highest BCUT2D eigenvalue weighted by Crippen LogP contribution is 2.23. The van der Waals surface area contributed by atoms with Gasteiger partial charge in [0.1, 0.15) is 23.0 Å². The first kappa shape index (κ1) is 18.4. The monoisotopic (exact) mass is 388 g/mol. The van der Waals surface area contributed by atoms with E-state index in [4.69, 9.17) is 9.15 Å². The van der Waals surface area contributed by atoms with Crippen LogP contribution < -0.4 is 10.1 Å². The van der Waals surface area contributed by atoms with Gasteiger partial charge in [0.25, 0.3) is 5.91 Å². The maximum absolute atomic E-state index is 13.0. The molecule has 0 atom stereocenters. The van der Waals surface area contributed by atoms with Crippen molar-refractivity contribution < 1.29 is 18.3 Å². The molecule has 0 bridgehead atoms. The Labute approximate surface area is 166 Å². The lowest BCUT2D eigenvalue weighted by atomic mass is 10.1. The molecule has 0 aliphatic carbocycles. The van der Waals surface area contributed by atoms with Gasteiger partial charge < -0.3 is 14.5 Å². The molecule has 1 N–H and O–H groups in total. The van der Waals surface area contributed by atoms with Crippen LogP contribution in [0.3, 0.4) is 0 Å². The number of ether oxygens (including phenoxy) is 1. The predicted octanol–water partition coefficient (Wildman–Crippen LogP) is 5.20. The number of aromatic nitrogens is 1. The summed E-state index contributed by atoms with van der Waals surface area (Å²) < 4.78 is 24.1. The van der Waals surface area contributed by atoms with Crippen LogP contribution in [-0.4, -0.2) is 10.9 Å². The molecular weight excluding hydrogens is 371 g/mol. The smallest absolute Gasteiger partial charge is 0.251 e. The van der Waals surface area contributed by atoms with E-state index in [2.05, 4.69) is 10.3 Å². The van der Waals surface area contributed by atoms with E-state index in [9.17, 15) is 9.18 Å². The molecule has 1 amide bonds. The Balaban J connectivity index is 1.45. The number of pyridine rings is 1. The molecule has 0 saturated heterocycles. The van der Waals surface area contributed by atoms with Gasteiger partial charge in [0.05, 0.1) is 6.26 Å². The van der Waals surface area contributed by atoms with Crippen molar-refractivity contribution in [3.05, 3.63) is 102 Å². The second-order valence-corrected chi connectivity index (χ2v) is 6.25. The molecule has 0 radical (unpaired) electrons. The Morgan fingerprint density at radius 1 is 1.00 bits per heavy atom. The molecule has 0 aliphatic rings. The number of carbonyl (C=O) groups is 1. The summed E-state index contributed by atoms with van der Waals surface area (Å²) >= 11 is 0. The van der Waals surface area contributed by atoms with Gasteiger partial charge in [-0.1, -0.05) is 12.1 Å². The van der Waals surface area contributed by atoms with E-state index in [-0.39, 0.29) is 11.7 Å². The number of nitrogens with zero attached hydrogens (tertiary/aromatic N) is 1. The third-order valence-electron chi connectivity index (χ3n) is 4.23. The molecule has 2 aromatic carbocycles. The van der Waals surface area contributed by atoms with E-state index in [1.54, 1.807) is 42.8 Å². The molecule has 0 aliphatic heterocycles. The number of nitrogens with one attached hydrogen (secondary N) is 1. The molecule has 144 valence electrons. The number of amides is 1. The Morgan fingerprint density at radius 3 is 2.66 bits per heavy atom. The second kappa shape index (κ2) is 8.39. The van der Waals surface area contributed by atoms with E-state index in [0.717, 1.165) is 5.56 Å². The van der Waals surface area contributed by atoms with Crippen LogP contribution in [0.1, 0.15) is 15.9 Å². The highest BCUT2D eigenvalue weighted by atomic mass is 19.1. The van der Waals surface area contributed by atoms with Crippen molar-refractivity contribution in [2.75, 3.05) is 0 Å². The molecule has 4 aromatic rings. The molecular formula is C23H17FN2O3. The molecule has 4 rings (SSSR count). The van der Waals surface area contributed by atoms with Gasteiger partial charge in [-0.3, -0.25) is 9.78 Å². The van der Waals surface area contributed by atoms with Crippen molar-refractivity contribution in [3.8, 4) is 23.0 Å². The van der Waals surface area contributed by atoms with Gasteiger partial charge in [-0.15, -0.1) is 0 Å². The Bertz CT molecular complexity index is 1110. The normalized spacial score (nSPS) is 10.5. The highest BCUT2D eigenvalue weighted by molar-refractivity contribution is 5.94. The standard InChI is InChI=1S/C23H17FN2O3/c24-18-8-10-19(11-9-18)29-20-6-1-4-16(14-20)23(27)26-15-17-5-2-12-25-22(17)21-7-3-13-28-21/h1-14H,15H2,(H,26,27). The topological polar surface area (TPSA) is 64.4 Å². The molecule has 0 spiro atoms. The van der Waals surface area contributed by atoms with Gasteiger partial charge in [0.2, 0.25) is 0 Å². The fourth-order valence-corrected chi connectivity index (χ4v) is 2.83. The first-order valence-corrected chi connectivity index (χ1v) is 8.98. The van der Waals surface area contributed by atoms with Gasteiger partial charge in [-0.2, -0.15) is 0 Å². The summed E-state index contributed by atoms with van der Waals surface area (Å²) in [6.45, 7) is 0.297. The number of benzene rings is 2. The van der Waals surface area contributed by atoms with Gasteiger partial charge in [-0.25, -0.2) is 4.39 Å². The van der Waals surface area contributed by atoms with E-state index >= 15 is 0 Å². The molecule has 5 nitrogen and oxygen atoms in total. The van der Waals surface area contributed by atoms with Crippen molar-refractivity contribution in [2.45, 2.75) is 6.54 Å². The first-order valence-electron chi connectivity index (χ1n) is 8.98. The lowest BCUT2D eigenvalue weighted by molar-refractivity contribution is 0.0950. The average molecular weight is 388 g/mol. The predicted molar refractivity (Wildman–Crippen MR) is 106 cm³/mol. The van der Waals surface area contributed by atoms with Crippen LogP contribution in [0.5, 0.6) is 11.5 Å².